The topological polar surface area (TPSA) is 43.4 Å². The van der Waals surface area contributed by atoms with Gasteiger partial charge in [0.05, 0.1) is 10.5 Å². The molecular formula is C16H20N2O2S. The standard InChI is InChI=1S/C16H20N2O2S/c1-19-16(7-9-20-10-8-16)12-18-15-17-11-14(21-15)13-5-3-2-4-6-13/h2-6,11H,7-10,12H2,1H3,(H,17,18). The van der Waals surface area contributed by atoms with Gasteiger partial charge in [0.15, 0.2) is 5.13 Å². The fourth-order valence-electron chi connectivity index (χ4n) is 2.52. The molecule has 0 saturated carbocycles. The van der Waals surface area contributed by atoms with Crippen molar-refractivity contribution < 1.29 is 9.47 Å². The van der Waals surface area contributed by atoms with E-state index in [4.69, 9.17) is 9.47 Å². The molecule has 1 N–H and O–H groups in total. The third kappa shape index (κ3) is 3.43. The number of hydrogen-bond acceptors (Lipinski definition) is 5. The summed E-state index contributed by atoms with van der Waals surface area (Å²) in [5.74, 6) is 0. The van der Waals surface area contributed by atoms with Crippen molar-refractivity contribution in [2.24, 2.45) is 0 Å². The van der Waals surface area contributed by atoms with Crippen molar-refractivity contribution >= 4 is 16.5 Å². The van der Waals surface area contributed by atoms with E-state index < -0.39 is 0 Å². The third-order valence-electron chi connectivity index (χ3n) is 3.96. The van der Waals surface area contributed by atoms with E-state index in [1.807, 2.05) is 24.4 Å². The van der Waals surface area contributed by atoms with Crippen LogP contribution in [0.15, 0.2) is 36.5 Å². The first-order chi connectivity index (χ1) is 10.3. The first-order valence-corrected chi connectivity index (χ1v) is 8.01. The van der Waals surface area contributed by atoms with Crippen LogP contribution < -0.4 is 5.32 Å². The van der Waals surface area contributed by atoms with Crippen LogP contribution in [0, 0.1) is 0 Å². The highest BCUT2D eigenvalue weighted by Gasteiger charge is 2.32. The van der Waals surface area contributed by atoms with Gasteiger partial charge in [-0.15, -0.1) is 0 Å². The Morgan fingerprint density at radius 3 is 2.76 bits per heavy atom. The van der Waals surface area contributed by atoms with Gasteiger partial charge in [-0.3, -0.25) is 0 Å². The number of ether oxygens (including phenoxy) is 2. The molecule has 0 amide bonds. The van der Waals surface area contributed by atoms with Crippen LogP contribution in [-0.4, -0.2) is 37.5 Å². The Hall–Kier alpha value is -1.43. The minimum atomic E-state index is -0.128. The van der Waals surface area contributed by atoms with Crippen molar-refractivity contribution in [2.75, 3.05) is 32.2 Å². The summed E-state index contributed by atoms with van der Waals surface area (Å²) in [5.41, 5.74) is 1.08. The number of nitrogens with one attached hydrogen (secondary N) is 1. The molecule has 0 aliphatic carbocycles. The van der Waals surface area contributed by atoms with Crippen molar-refractivity contribution in [3.8, 4) is 10.4 Å². The average Bonchev–Trinajstić information content (AvgIpc) is 3.04. The molecule has 0 bridgehead atoms. The van der Waals surface area contributed by atoms with Crippen LogP contribution in [-0.2, 0) is 9.47 Å². The highest BCUT2D eigenvalue weighted by atomic mass is 32.1. The SMILES string of the molecule is COC1(CNc2ncc(-c3ccccc3)s2)CCOCC1. The first kappa shape index (κ1) is 14.5. The molecule has 21 heavy (non-hydrogen) atoms. The van der Waals surface area contributed by atoms with E-state index >= 15 is 0 Å². The summed E-state index contributed by atoms with van der Waals surface area (Å²) in [6.45, 7) is 2.31. The van der Waals surface area contributed by atoms with E-state index in [0.29, 0.717) is 0 Å². The number of methoxy groups -OCH3 is 1. The molecule has 1 aliphatic rings. The Bertz CT molecular complexity index is 565. The van der Waals surface area contributed by atoms with E-state index in [0.717, 1.165) is 37.7 Å². The Labute approximate surface area is 129 Å². The molecule has 1 aliphatic heterocycles. The minimum Gasteiger partial charge on any atom is -0.381 e. The summed E-state index contributed by atoms with van der Waals surface area (Å²) in [6.07, 6.45) is 3.77. The summed E-state index contributed by atoms with van der Waals surface area (Å²) in [4.78, 5) is 5.64. The third-order valence-corrected chi connectivity index (χ3v) is 4.97. The van der Waals surface area contributed by atoms with Gasteiger partial charge in [0.2, 0.25) is 0 Å². The van der Waals surface area contributed by atoms with Gasteiger partial charge >= 0.3 is 0 Å². The summed E-state index contributed by atoms with van der Waals surface area (Å²) in [7, 11) is 1.78. The molecule has 2 heterocycles. The summed E-state index contributed by atoms with van der Waals surface area (Å²) in [6, 6.07) is 10.3. The smallest absolute Gasteiger partial charge is 0.183 e. The average molecular weight is 304 g/mol. The lowest BCUT2D eigenvalue weighted by Crippen LogP contribution is -2.44. The number of nitrogens with zero attached hydrogens (tertiary/aromatic N) is 1. The van der Waals surface area contributed by atoms with Gasteiger partial charge in [-0.1, -0.05) is 41.7 Å². The van der Waals surface area contributed by atoms with Crippen molar-refractivity contribution in [3.63, 3.8) is 0 Å². The largest absolute Gasteiger partial charge is 0.381 e. The second-order valence-corrected chi connectivity index (χ2v) is 6.28. The maximum atomic E-state index is 5.73. The Morgan fingerprint density at radius 1 is 1.29 bits per heavy atom. The van der Waals surface area contributed by atoms with E-state index in [1.165, 1.54) is 10.4 Å². The molecule has 112 valence electrons. The molecule has 1 saturated heterocycles. The Morgan fingerprint density at radius 2 is 2.05 bits per heavy atom. The van der Waals surface area contributed by atoms with E-state index in [9.17, 15) is 0 Å². The van der Waals surface area contributed by atoms with Crippen molar-refractivity contribution in [1.29, 1.82) is 0 Å². The highest BCUT2D eigenvalue weighted by molar-refractivity contribution is 7.18. The quantitative estimate of drug-likeness (QED) is 0.919. The van der Waals surface area contributed by atoms with Crippen molar-refractivity contribution in [2.45, 2.75) is 18.4 Å². The molecule has 5 heteroatoms. The molecule has 4 nitrogen and oxygen atoms in total. The van der Waals surface area contributed by atoms with Gasteiger partial charge in [-0.25, -0.2) is 4.98 Å². The van der Waals surface area contributed by atoms with Gasteiger partial charge in [0.1, 0.15) is 0 Å². The molecule has 1 aromatic carbocycles. The fourth-order valence-corrected chi connectivity index (χ4v) is 3.34. The van der Waals surface area contributed by atoms with Crippen LogP contribution >= 0.6 is 11.3 Å². The van der Waals surface area contributed by atoms with Crippen LogP contribution in [0.25, 0.3) is 10.4 Å². The van der Waals surface area contributed by atoms with Crippen LogP contribution in [0.3, 0.4) is 0 Å². The van der Waals surface area contributed by atoms with Crippen molar-refractivity contribution in [1.82, 2.24) is 4.98 Å². The fraction of sp³-hybridized carbons (Fsp3) is 0.438. The number of rotatable bonds is 5. The molecule has 0 spiro atoms. The van der Waals surface area contributed by atoms with Gasteiger partial charge in [-0.05, 0) is 5.56 Å². The van der Waals surface area contributed by atoms with Crippen molar-refractivity contribution in [3.05, 3.63) is 36.5 Å². The lowest BCUT2D eigenvalue weighted by atomic mass is 9.94. The molecule has 1 fully saturated rings. The maximum Gasteiger partial charge on any atom is 0.183 e. The van der Waals surface area contributed by atoms with Crippen LogP contribution in [0.1, 0.15) is 12.8 Å². The molecular weight excluding hydrogens is 284 g/mol. The molecule has 0 atom stereocenters. The number of anilines is 1. The van der Waals surface area contributed by atoms with E-state index in [1.54, 1.807) is 18.4 Å². The number of benzene rings is 1. The number of hydrogen-bond donors (Lipinski definition) is 1. The van der Waals surface area contributed by atoms with Gasteiger partial charge in [0, 0.05) is 45.9 Å². The second-order valence-electron chi connectivity index (χ2n) is 5.25. The number of thiazole rings is 1. The summed E-state index contributed by atoms with van der Waals surface area (Å²) in [5, 5.41) is 4.36. The van der Waals surface area contributed by atoms with Crippen LogP contribution in [0.5, 0.6) is 0 Å². The zero-order chi connectivity index (χ0) is 14.5. The highest BCUT2D eigenvalue weighted by Crippen LogP contribution is 2.30. The maximum absolute atomic E-state index is 5.73. The Balaban J connectivity index is 1.65. The zero-order valence-corrected chi connectivity index (χ0v) is 13.0. The predicted octanol–water partition coefficient (Wildman–Crippen LogP) is 3.42. The van der Waals surface area contributed by atoms with Crippen LogP contribution in [0.4, 0.5) is 5.13 Å². The number of aromatic nitrogens is 1. The Kier molecular flexibility index (Phi) is 4.53. The van der Waals surface area contributed by atoms with Gasteiger partial charge < -0.3 is 14.8 Å². The lowest BCUT2D eigenvalue weighted by molar-refractivity contribution is -0.0807. The zero-order valence-electron chi connectivity index (χ0n) is 12.2. The summed E-state index contributed by atoms with van der Waals surface area (Å²) < 4.78 is 11.1. The van der Waals surface area contributed by atoms with E-state index in [2.05, 4.69) is 22.4 Å². The van der Waals surface area contributed by atoms with Gasteiger partial charge in [-0.2, -0.15) is 0 Å². The minimum absolute atomic E-state index is 0.128. The normalized spacial score (nSPS) is 17.6. The monoisotopic (exact) mass is 304 g/mol. The lowest BCUT2D eigenvalue weighted by Gasteiger charge is -2.35. The van der Waals surface area contributed by atoms with Gasteiger partial charge in [0.25, 0.3) is 0 Å². The molecule has 3 rings (SSSR count). The molecule has 0 unspecified atom stereocenters. The second kappa shape index (κ2) is 6.56. The van der Waals surface area contributed by atoms with E-state index in [-0.39, 0.29) is 5.60 Å². The predicted molar refractivity (Wildman–Crippen MR) is 85.8 cm³/mol. The summed E-state index contributed by atoms with van der Waals surface area (Å²) >= 11 is 1.67. The van der Waals surface area contributed by atoms with Crippen LogP contribution in [0.2, 0.25) is 0 Å². The molecule has 0 radical (unpaired) electrons. The molecule has 1 aromatic heterocycles. The first-order valence-electron chi connectivity index (χ1n) is 7.19. The molecule has 2 aromatic rings.